The van der Waals surface area contributed by atoms with Crippen LogP contribution in [0.1, 0.15) is 38.6 Å². The van der Waals surface area contributed by atoms with Crippen LogP contribution in [0.25, 0.3) is 11.3 Å². The molecule has 0 saturated carbocycles. The monoisotopic (exact) mass is 261 g/mol. The SMILES string of the molecule is CCCc1nn(C)cc1-c1ccc(CNC(C)C)o1. The molecule has 2 aromatic rings. The lowest BCUT2D eigenvalue weighted by Gasteiger charge is -2.05. The zero-order valence-corrected chi connectivity index (χ0v) is 12.2. The Bertz CT molecular complexity index is 525. The Morgan fingerprint density at radius 3 is 2.84 bits per heavy atom. The van der Waals surface area contributed by atoms with Crippen molar-refractivity contribution in [2.75, 3.05) is 0 Å². The lowest BCUT2D eigenvalue weighted by Crippen LogP contribution is -2.21. The van der Waals surface area contributed by atoms with E-state index < -0.39 is 0 Å². The van der Waals surface area contributed by atoms with Crippen LogP contribution in [0.3, 0.4) is 0 Å². The van der Waals surface area contributed by atoms with Gasteiger partial charge >= 0.3 is 0 Å². The van der Waals surface area contributed by atoms with Crippen LogP contribution >= 0.6 is 0 Å². The largest absolute Gasteiger partial charge is 0.460 e. The number of rotatable bonds is 6. The van der Waals surface area contributed by atoms with Crippen LogP contribution in [-0.4, -0.2) is 15.8 Å². The summed E-state index contributed by atoms with van der Waals surface area (Å²) in [6, 6.07) is 4.53. The maximum Gasteiger partial charge on any atom is 0.137 e. The average molecular weight is 261 g/mol. The van der Waals surface area contributed by atoms with Gasteiger partial charge in [0.05, 0.1) is 17.8 Å². The maximum atomic E-state index is 5.90. The average Bonchev–Trinajstić information content (AvgIpc) is 2.94. The summed E-state index contributed by atoms with van der Waals surface area (Å²) in [5, 5.41) is 7.86. The first-order valence-corrected chi connectivity index (χ1v) is 6.95. The molecule has 0 amide bonds. The summed E-state index contributed by atoms with van der Waals surface area (Å²) in [7, 11) is 1.95. The van der Waals surface area contributed by atoms with E-state index in [1.165, 1.54) is 0 Å². The van der Waals surface area contributed by atoms with Gasteiger partial charge in [-0.1, -0.05) is 27.2 Å². The molecule has 2 rings (SSSR count). The standard InChI is InChI=1S/C15H23N3O/c1-5-6-14-13(10-18(4)17-14)15-8-7-12(19-15)9-16-11(2)3/h7-8,10-11,16H,5-6,9H2,1-4H3. The summed E-state index contributed by atoms with van der Waals surface area (Å²) >= 11 is 0. The van der Waals surface area contributed by atoms with E-state index in [9.17, 15) is 0 Å². The zero-order valence-electron chi connectivity index (χ0n) is 12.2. The second-order valence-electron chi connectivity index (χ2n) is 5.21. The number of nitrogens with one attached hydrogen (secondary N) is 1. The van der Waals surface area contributed by atoms with Crippen molar-refractivity contribution < 1.29 is 4.42 Å². The molecule has 0 fully saturated rings. The van der Waals surface area contributed by atoms with Crippen molar-refractivity contribution >= 4 is 0 Å². The fraction of sp³-hybridized carbons (Fsp3) is 0.533. The third-order valence-electron chi connectivity index (χ3n) is 3.00. The quantitative estimate of drug-likeness (QED) is 0.868. The van der Waals surface area contributed by atoms with Crippen molar-refractivity contribution in [2.24, 2.45) is 7.05 Å². The molecule has 0 aliphatic heterocycles. The summed E-state index contributed by atoms with van der Waals surface area (Å²) in [6.07, 6.45) is 4.10. The first-order valence-electron chi connectivity index (χ1n) is 6.95. The third-order valence-corrected chi connectivity index (χ3v) is 3.00. The Labute approximate surface area is 114 Å². The smallest absolute Gasteiger partial charge is 0.137 e. The summed E-state index contributed by atoms with van der Waals surface area (Å²) in [5.74, 6) is 1.88. The lowest BCUT2D eigenvalue weighted by atomic mass is 10.1. The zero-order chi connectivity index (χ0) is 13.8. The summed E-state index contributed by atoms with van der Waals surface area (Å²) < 4.78 is 7.76. The van der Waals surface area contributed by atoms with Gasteiger partial charge in [-0.2, -0.15) is 5.10 Å². The molecule has 0 spiro atoms. The molecule has 0 aromatic carbocycles. The van der Waals surface area contributed by atoms with Crippen molar-refractivity contribution in [1.82, 2.24) is 15.1 Å². The minimum absolute atomic E-state index is 0.461. The number of aryl methyl sites for hydroxylation is 2. The van der Waals surface area contributed by atoms with Crippen molar-refractivity contribution in [3.05, 3.63) is 29.8 Å². The molecule has 0 saturated heterocycles. The summed E-state index contributed by atoms with van der Waals surface area (Å²) in [6.45, 7) is 7.19. The Morgan fingerprint density at radius 2 is 2.16 bits per heavy atom. The third kappa shape index (κ3) is 3.47. The van der Waals surface area contributed by atoms with Gasteiger partial charge in [-0.15, -0.1) is 0 Å². The molecule has 19 heavy (non-hydrogen) atoms. The highest BCUT2D eigenvalue weighted by atomic mass is 16.3. The van der Waals surface area contributed by atoms with E-state index in [0.717, 1.165) is 42.2 Å². The molecule has 4 heteroatoms. The maximum absolute atomic E-state index is 5.90. The molecule has 2 heterocycles. The van der Waals surface area contributed by atoms with Gasteiger partial charge in [0.1, 0.15) is 11.5 Å². The molecule has 0 radical (unpaired) electrons. The highest BCUT2D eigenvalue weighted by Crippen LogP contribution is 2.26. The molecule has 0 aliphatic rings. The molecule has 104 valence electrons. The topological polar surface area (TPSA) is 43.0 Å². The van der Waals surface area contributed by atoms with Crippen molar-refractivity contribution in [3.8, 4) is 11.3 Å². The van der Waals surface area contributed by atoms with Crippen LogP contribution in [0.5, 0.6) is 0 Å². The highest BCUT2D eigenvalue weighted by molar-refractivity contribution is 5.59. The van der Waals surface area contributed by atoms with Crippen LogP contribution in [0.15, 0.2) is 22.7 Å². The van der Waals surface area contributed by atoms with Crippen LogP contribution in [0.2, 0.25) is 0 Å². The van der Waals surface area contributed by atoms with Gasteiger partial charge in [-0.25, -0.2) is 0 Å². The van der Waals surface area contributed by atoms with E-state index in [-0.39, 0.29) is 0 Å². The van der Waals surface area contributed by atoms with Gasteiger partial charge in [0.2, 0.25) is 0 Å². The van der Waals surface area contributed by atoms with E-state index >= 15 is 0 Å². The van der Waals surface area contributed by atoms with Crippen LogP contribution < -0.4 is 5.32 Å². The van der Waals surface area contributed by atoms with Gasteiger partial charge < -0.3 is 9.73 Å². The molecular formula is C15H23N3O. The molecule has 4 nitrogen and oxygen atoms in total. The van der Waals surface area contributed by atoms with E-state index in [4.69, 9.17) is 4.42 Å². The number of hydrogen-bond donors (Lipinski definition) is 1. The van der Waals surface area contributed by atoms with Crippen molar-refractivity contribution in [1.29, 1.82) is 0 Å². The highest BCUT2D eigenvalue weighted by Gasteiger charge is 2.13. The van der Waals surface area contributed by atoms with Crippen LogP contribution in [-0.2, 0) is 20.0 Å². The molecular weight excluding hydrogens is 238 g/mol. The normalized spacial score (nSPS) is 11.4. The Hall–Kier alpha value is -1.55. The second kappa shape index (κ2) is 6.06. The van der Waals surface area contributed by atoms with Gasteiger partial charge in [0.25, 0.3) is 0 Å². The molecule has 0 aliphatic carbocycles. The number of hydrogen-bond acceptors (Lipinski definition) is 3. The number of furan rings is 1. The van der Waals surface area contributed by atoms with E-state index in [1.807, 2.05) is 30.1 Å². The van der Waals surface area contributed by atoms with Crippen LogP contribution in [0, 0.1) is 0 Å². The molecule has 2 aromatic heterocycles. The number of nitrogens with zero attached hydrogens (tertiary/aromatic N) is 2. The van der Waals surface area contributed by atoms with Gasteiger partial charge in [0, 0.05) is 19.3 Å². The number of aromatic nitrogens is 2. The molecule has 0 unspecified atom stereocenters. The predicted molar refractivity (Wildman–Crippen MR) is 76.9 cm³/mol. The minimum atomic E-state index is 0.461. The Morgan fingerprint density at radius 1 is 1.37 bits per heavy atom. The van der Waals surface area contributed by atoms with Crippen LogP contribution in [0.4, 0.5) is 0 Å². The minimum Gasteiger partial charge on any atom is -0.460 e. The first-order chi connectivity index (χ1) is 9.10. The van der Waals surface area contributed by atoms with Gasteiger partial charge in [-0.3, -0.25) is 4.68 Å². The van der Waals surface area contributed by atoms with E-state index in [0.29, 0.717) is 6.04 Å². The van der Waals surface area contributed by atoms with Crippen molar-refractivity contribution in [3.63, 3.8) is 0 Å². The molecule has 0 atom stereocenters. The Balaban J connectivity index is 2.17. The van der Waals surface area contributed by atoms with E-state index in [1.54, 1.807) is 0 Å². The summed E-state index contributed by atoms with van der Waals surface area (Å²) in [5.41, 5.74) is 2.22. The first kappa shape index (κ1) is 13.9. The Kier molecular flexibility index (Phi) is 4.43. The predicted octanol–water partition coefficient (Wildman–Crippen LogP) is 3.13. The van der Waals surface area contributed by atoms with Gasteiger partial charge in [0.15, 0.2) is 0 Å². The fourth-order valence-corrected chi connectivity index (χ4v) is 2.08. The molecule has 0 bridgehead atoms. The van der Waals surface area contributed by atoms with Gasteiger partial charge in [-0.05, 0) is 18.6 Å². The fourth-order valence-electron chi connectivity index (χ4n) is 2.08. The second-order valence-corrected chi connectivity index (χ2v) is 5.21. The lowest BCUT2D eigenvalue weighted by molar-refractivity contribution is 0.473. The van der Waals surface area contributed by atoms with E-state index in [2.05, 4.69) is 31.2 Å². The van der Waals surface area contributed by atoms with Crippen molar-refractivity contribution in [2.45, 2.75) is 46.2 Å². The summed E-state index contributed by atoms with van der Waals surface area (Å²) in [4.78, 5) is 0. The molecule has 1 N–H and O–H groups in total.